The fourth-order valence-corrected chi connectivity index (χ4v) is 4.28. The number of amides is 3. The molecule has 5 N–H and O–H groups in total. The van der Waals surface area contributed by atoms with E-state index in [2.05, 4.69) is 25.9 Å². The van der Waals surface area contributed by atoms with Crippen LogP contribution in [0.25, 0.3) is 11.0 Å². The molecule has 0 bridgehead atoms. The minimum absolute atomic E-state index is 0.0491. The van der Waals surface area contributed by atoms with Crippen LogP contribution in [0.5, 0.6) is 0 Å². The van der Waals surface area contributed by atoms with Crippen molar-refractivity contribution in [3.63, 3.8) is 0 Å². The lowest BCUT2D eigenvalue weighted by Gasteiger charge is -2.28. The van der Waals surface area contributed by atoms with Crippen molar-refractivity contribution in [2.75, 3.05) is 18.5 Å². The Kier molecular flexibility index (Phi) is 10.3. The molecule has 0 saturated carbocycles. The molecule has 0 aliphatic rings. The number of H-pyrrole nitrogens is 1. The highest BCUT2D eigenvalue weighted by atomic mass is 32.2. The highest BCUT2D eigenvalue weighted by Crippen LogP contribution is 2.29. The van der Waals surface area contributed by atoms with Gasteiger partial charge in [0.2, 0.25) is 23.7 Å². The van der Waals surface area contributed by atoms with Crippen molar-refractivity contribution >= 4 is 46.5 Å². The van der Waals surface area contributed by atoms with Gasteiger partial charge in [0.25, 0.3) is 0 Å². The number of aromatic amines is 1. The summed E-state index contributed by atoms with van der Waals surface area (Å²) in [5, 5.41) is 17.5. The van der Waals surface area contributed by atoms with Crippen molar-refractivity contribution in [3.8, 4) is 0 Å². The maximum atomic E-state index is 12.3. The molecule has 3 rings (SSSR count). The number of carbonyl (C=O) groups excluding carboxylic acids is 3. The third kappa shape index (κ3) is 10.9. The first kappa shape index (κ1) is 29.9. The molecule has 39 heavy (non-hydrogen) atoms. The Morgan fingerprint density at radius 1 is 1.05 bits per heavy atom. The van der Waals surface area contributed by atoms with Crippen LogP contribution in [0.15, 0.2) is 70.6 Å². The lowest BCUT2D eigenvalue weighted by atomic mass is 9.90. The topological polar surface area (TPSA) is 145 Å². The summed E-state index contributed by atoms with van der Waals surface area (Å²) in [6, 6.07) is 15.9. The summed E-state index contributed by atoms with van der Waals surface area (Å²) >= 11 is 1.63. The number of ether oxygens (including phenoxy) is 1. The molecule has 10 nitrogen and oxygen atoms in total. The number of imidazole rings is 1. The van der Waals surface area contributed by atoms with Gasteiger partial charge >= 0.3 is 0 Å². The second kappa shape index (κ2) is 13.4. The molecule has 2 aromatic carbocycles. The molecule has 0 atom stereocenters. The number of nitrogens with zero attached hydrogens (tertiary/aromatic N) is 1. The second-order valence-corrected chi connectivity index (χ2v) is 11.4. The van der Waals surface area contributed by atoms with Crippen LogP contribution in [0.4, 0.5) is 5.95 Å². The second-order valence-electron chi connectivity index (χ2n) is 10.2. The van der Waals surface area contributed by atoms with Gasteiger partial charge in [-0.2, -0.15) is 0 Å². The van der Waals surface area contributed by atoms with E-state index in [4.69, 9.17) is 4.74 Å². The highest BCUT2D eigenvalue weighted by molar-refractivity contribution is 7.99. The predicted molar refractivity (Wildman–Crippen MR) is 151 cm³/mol. The van der Waals surface area contributed by atoms with Crippen LogP contribution in [-0.4, -0.2) is 51.7 Å². The van der Waals surface area contributed by atoms with Gasteiger partial charge in [-0.25, -0.2) is 4.98 Å². The van der Waals surface area contributed by atoms with Crippen molar-refractivity contribution in [2.24, 2.45) is 5.41 Å². The smallest absolute Gasteiger partial charge is 0.245 e. The van der Waals surface area contributed by atoms with Crippen molar-refractivity contribution in [1.82, 2.24) is 20.6 Å². The maximum Gasteiger partial charge on any atom is 0.245 e. The first-order chi connectivity index (χ1) is 18.4. The first-order valence-corrected chi connectivity index (χ1v) is 13.3. The van der Waals surface area contributed by atoms with Crippen molar-refractivity contribution < 1.29 is 24.2 Å². The van der Waals surface area contributed by atoms with Crippen LogP contribution >= 0.6 is 11.8 Å². The average Bonchev–Trinajstić information content (AvgIpc) is 3.24. The molecule has 208 valence electrons. The van der Waals surface area contributed by atoms with E-state index in [1.54, 1.807) is 11.8 Å². The minimum Gasteiger partial charge on any atom is -0.366 e. The molecule has 3 amide bonds. The van der Waals surface area contributed by atoms with Crippen LogP contribution in [0.1, 0.15) is 40.5 Å². The number of hydrogen-bond acceptors (Lipinski definition) is 7. The summed E-state index contributed by atoms with van der Waals surface area (Å²) in [6.07, 6.45) is 2.63. The normalized spacial score (nSPS) is 12.0. The predicted octanol–water partition coefficient (Wildman–Crippen LogP) is 3.95. The van der Waals surface area contributed by atoms with E-state index >= 15 is 0 Å². The molecule has 0 fully saturated rings. The van der Waals surface area contributed by atoms with Crippen molar-refractivity contribution in [1.29, 1.82) is 0 Å². The fourth-order valence-electron chi connectivity index (χ4n) is 3.40. The van der Waals surface area contributed by atoms with Gasteiger partial charge in [-0.05, 0) is 49.6 Å². The van der Waals surface area contributed by atoms with Crippen LogP contribution in [0.2, 0.25) is 0 Å². The number of aliphatic hydroxyl groups is 1. The Bertz CT molecular complexity index is 1310. The number of hydrogen-bond donors (Lipinski definition) is 5. The van der Waals surface area contributed by atoms with Gasteiger partial charge in [-0.1, -0.05) is 43.8 Å². The largest absolute Gasteiger partial charge is 0.366 e. The van der Waals surface area contributed by atoms with E-state index in [1.807, 2.05) is 62.4 Å². The Morgan fingerprint density at radius 3 is 2.51 bits per heavy atom. The van der Waals surface area contributed by atoms with Crippen molar-refractivity contribution in [3.05, 3.63) is 60.8 Å². The Labute approximate surface area is 232 Å². The van der Waals surface area contributed by atoms with E-state index in [-0.39, 0.29) is 37.8 Å². The molecule has 0 unspecified atom stereocenters. The van der Waals surface area contributed by atoms with E-state index in [9.17, 15) is 19.5 Å². The molecule has 1 heterocycles. The first-order valence-electron chi connectivity index (χ1n) is 12.5. The quantitative estimate of drug-likeness (QED) is 0.159. The maximum absolute atomic E-state index is 12.3. The Hall–Kier alpha value is -3.67. The number of rotatable bonds is 13. The van der Waals surface area contributed by atoms with Gasteiger partial charge in [-0.3, -0.25) is 19.7 Å². The number of carbonyl (C=O) groups is 3. The lowest BCUT2D eigenvalue weighted by molar-refractivity contribution is -0.192. The van der Waals surface area contributed by atoms with Crippen LogP contribution in [-0.2, 0) is 19.1 Å². The summed E-state index contributed by atoms with van der Waals surface area (Å²) in [4.78, 5) is 46.1. The highest BCUT2D eigenvalue weighted by Gasteiger charge is 2.25. The summed E-state index contributed by atoms with van der Waals surface area (Å²) < 4.78 is 5.33. The molecule has 0 aliphatic carbocycles. The zero-order chi connectivity index (χ0) is 28.5. The number of fused-ring (bicyclic) bond motifs is 1. The van der Waals surface area contributed by atoms with Gasteiger partial charge in [0.15, 0.2) is 5.79 Å². The van der Waals surface area contributed by atoms with Gasteiger partial charge in [0, 0.05) is 41.5 Å². The number of nitrogens with one attached hydrogen (secondary N) is 4. The number of benzene rings is 2. The molecule has 0 radical (unpaired) electrons. The van der Waals surface area contributed by atoms with Crippen LogP contribution < -0.4 is 16.0 Å². The third-order valence-corrected chi connectivity index (χ3v) is 6.27. The minimum atomic E-state index is -1.28. The summed E-state index contributed by atoms with van der Waals surface area (Å²) in [6.45, 7) is 7.03. The molecule has 11 heteroatoms. The zero-order valence-corrected chi connectivity index (χ0v) is 23.4. The fraction of sp³-hybridized carbons (Fsp3) is 0.357. The van der Waals surface area contributed by atoms with Crippen molar-refractivity contribution in [2.45, 2.75) is 56.1 Å². The SMILES string of the molecule is CC(C)(COC(C)(C)O)CC(=O)N/C=C/C(=O)NCCC(=O)Nc1nc2cc(Sc3ccccc3)ccc2[nH]1. The molecular weight excluding hydrogens is 518 g/mol. The molecule has 0 saturated heterocycles. The van der Waals surface area contributed by atoms with E-state index in [0.717, 1.165) is 20.8 Å². The standard InChI is InChI=1S/C28H35N5O5S/c1-27(2,18-38-28(3,4)37)17-25(36)30-14-12-23(34)29-15-13-24(35)33-26-31-21-11-10-20(16-22(21)32-26)39-19-8-6-5-7-9-19/h5-12,14,16,37H,13,15,17-18H2,1-4H3,(H,29,34)(H,30,36)(H2,31,32,33,35)/b14-12+. The van der Waals surface area contributed by atoms with E-state index < -0.39 is 17.1 Å². The molecule has 1 aromatic heterocycles. The average molecular weight is 554 g/mol. The van der Waals surface area contributed by atoms with Gasteiger partial charge in [0.05, 0.1) is 17.6 Å². The molecular formula is C28H35N5O5S. The van der Waals surface area contributed by atoms with Gasteiger partial charge in [0.1, 0.15) is 0 Å². The summed E-state index contributed by atoms with van der Waals surface area (Å²) in [5.41, 5.74) is 1.03. The third-order valence-electron chi connectivity index (χ3n) is 5.28. The molecule has 0 aliphatic heterocycles. The number of anilines is 1. The lowest BCUT2D eigenvalue weighted by Crippen LogP contribution is -2.34. The van der Waals surface area contributed by atoms with E-state index in [1.165, 1.54) is 26.1 Å². The van der Waals surface area contributed by atoms with E-state index in [0.29, 0.717) is 5.95 Å². The van der Waals surface area contributed by atoms with Crippen LogP contribution in [0.3, 0.4) is 0 Å². The molecule has 3 aromatic rings. The van der Waals surface area contributed by atoms with Crippen LogP contribution in [0, 0.1) is 5.41 Å². The Morgan fingerprint density at radius 2 is 1.79 bits per heavy atom. The zero-order valence-electron chi connectivity index (χ0n) is 22.5. The monoisotopic (exact) mass is 553 g/mol. The van der Waals surface area contributed by atoms with Gasteiger partial charge < -0.3 is 25.5 Å². The molecule has 0 spiro atoms. The summed E-state index contributed by atoms with van der Waals surface area (Å²) in [5.74, 6) is -1.98. The van der Waals surface area contributed by atoms with Gasteiger partial charge in [-0.15, -0.1) is 0 Å². The Balaban J connectivity index is 1.37. The number of aromatic nitrogens is 2. The summed E-state index contributed by atoms with van der Waals surface area (Å²) in [7, 11) is 0.